The summed E-state index contributed by atoms with van der Waals surface area (Å²) in [6.45, 7) is 4.48. The van der Waals surface area contributed by atoms with Crippen LogP contribution in [0.3, 0.4) is 0 Å². The van der Waals surface area contributed by atoms with Crippen LogP contribution in [0.15, 0.2) is 12.2 Å². The summed E-state index contributed by atoms with van der Waals surface area (Å²) in [5, 5.41) is 9.97. The number of aliphatic hydroxyl groups is 1. The van der Waals surface area contributed by atoms with Crippen molar-refractivity contribution in [2.75, 3.05) is 0 Å². The van der Waals surface area contributed by atoms with Gasteiger partial charge < -0.3 is 9.84 Å². The van der Waals surface area contributed by atoms with Gasteiger partial charge in [0.2, 0.25) is 0 Å². The quantitative estimate of drug-likeness (QED) is 0.0278. The van der Waals surface area contributed by atoms with E-state index in [1.807, 2.05) is 0 Å². The van der Waals surface area contributed by atoms with Crippen molar-refractivity contribution in [3.63, 3.8) is 0 Å². The summed E-state index contributed by atoms with van der Waals surface area (Å²) in [6.07, 6.45) is 37.1. The normalized spacial score (nSPS) is 11.7. The maximum atomic E-state index is 11.9. The molecule has 0 saturated heterocycles. The van der Waals surface area contributed by atoms with Gasteiger partial charge in [-0.1, -0.05) is 161 Å². The molecule has 0 aliphatic rings. The monoisotopic (exact) mass is 613 g/mol. The molecule has 0 rings (SSSR count). The van der Waals surface area contributed by atoms with Crippen molar-refractivity contribution in [2.45, 2.75) is 206 Å². The second-order valence-electron chi connectivity index (χ2n) is 12.1. The fraction of sp³-hybridized carbons (Fsp3) is 0.889. The molecule has 0 bridgehead atoms. The summed E-state index contributed by atoms with van der Waals surface area (Å²) < 4.78 is 4.99. The molecule has 0 aromatic rings. The van der Waals surface area contributed by atoms with Crippen molar-refractivity contribution >= 4 is 71.1 Å². The van der Waals surface area contributed by atoms with E-state index >= 15 is 0 Å². The molecule has 0 aliphatic carbocycles. The first-order valence-corrected chi connectivity index (χ1v) is 17.7. The van der Waals surface area contributed by atoms with Gasteiger partial charge in [-0.15, -0.1) is 0 Å². The van der Waals surface area contributed by atoms with E-state index in [9.17, 15) is 14.7 Å². The number of hydrogen-bond donors (Lipinski definition) is 1. The molecule has 0 fully saturated rings. The molecule has 0 aromatic carbocycles. The van der Waals surface area contributed by atoms with Crippen LogP contribution < -0.4 is 0 Å². The van der Waals surface area contributed by atoms with Gasteiger partial charge in [-0.3, -0.25) is 9.59 Å². The average Bonchev–Trinajstić information content (AvgIpc) is 2.94. The van der Waals surface area contributed by atoms with Crippen molar-refractivity contribution in [1.29, 1.82) is 0 Å². The standard InChI is InChI=1S/C36H68O4.2Na.2H/c1-3-5-7-9-10-11-12-13-14-15-16-17-21-24-28-32-35(38)40-36(39)33-29-25-22-19-18-20-23-27-31-34(37)30-26-8-6-4-2;;;;/h23,27,34,37H,3-22,24-26,28-33H2,1-2H3;;;;/b27-23-;;;;/t34-;;;;/m1..../s1. The van der Waals surface area contributed by atoms with Crippen LogP contribution in [0.1, 0.15) is 200 Å². The van der Waals surface area contributed by atoms with Gasteiger partial charge in [0.05, 0.1) is 6.10 Å². The number of hydrogen-bond acceptors (Lipinski definition) is 4. The Morgan fingerprint density at radius 2 is 0.881 bits per heavy atom. The molecule has 1 atom stereocenters. The van der Waals surface area contributed by atoms with Gasteiger partial charge in [0.1, 0.15) is 0 Å². The van der Waals surface area contributed by atoms with E-state index in [1.165, 1.54) is 103 Å². The summed E-state index contributed by atoms with van der Waals surface area (Å²) in [5.41, 5.74) is 0. The molecule has 240 valence electrons. The van der Waals surface area contributed by atoms with E-state index in [-0.39, 0.29) is 77.2 Å². The predicted molar refractivity (Wildman–Crippen MR) is 186 cm³/mol. The van der Waals surface area contributed by atoms with Gasteiger partial charge in [0.25, 0.3) is 0 Å². The van der Waals surface area contributed by atoms with Crippen molar-refractivity contribution in [2.24, 2.45) is 0 Å². The molecule has 6 heteroatoms. The molecule has 0 radical (unpaired) electrons. The molecule has 1 N–H and O–H groups in total. The number of allylic oxidation sites excluding steroid dienone is 1. The Bertz CT molecular complexity index is 583. The number of rotatable bonds is 31. The van der Waals surface area contributed by atoms with Crippen molar-refractivity contribution in [3.8, 4) is 0 Å². The van der Waals surface area contributed by atoms with Crippen molar-refractivity contribution in [1.82, 2.24) is 0 Å². The van der Waals surface area contributed by atoms with E-state index < -0.39 is 0 Å². The van der Waals surface area contributed by atoms with Crippen LogP contribution in [0.2, 0.25) is 0 Å². The third-order valence-corrected chi connectivity index (χ3v) is 7.93. The molecule has 0 aromatic heterocycles. The minimum atomic E-state index is -0.359. The molecule has 0 unspecified atom stereocenters. The molecule has 0 aliphatic heterocycles. The fourth-order valence-electron chi connectivity index (χ4n) is 5.23. The number of carbonyl (C=O) groups excluding carboxylic acids is 2. The number of aliphatic hydroxyl groups excluding tert-OH is 1. The Morgan fingerprint density at radius 1 is 0.524 bits per heavy atom. The van der Waals surface area contributed by atoms with Gasteiger partial charge >= 0.3 is 71.1 Å². The van der Waals surface area contributed by atoms with Crippen LogP contribution in [0.5, 0.6) is 0 Å². The zero-order valence-electron chi connectivity index (χ0n) is 26.9. The minimum absolute atomic E-state index is 0. The third kappa shape index (κ3) is 38.9. The summed E-state index contributed by atoms with van der Waals surface area (Å²) in [4.78, 5) is 23.8. The number of esters is 2. The zero-order chi connectivity index (χ0) is 29.4. The van der Waals surface area contributed by atoms with E-state index in [1.54, 1.807) is 0 Å². The van der Waals surface area contributed by atoms with E-state index in [0.29, 0.717) is 12.8 Å². The van der Waals surface area contributed by atoms with E-state index in [0.717, 1.165) is 70.6 Å². The van der Waals surface area contributed by atoms with Gasteiger partial charge in [-0.25, -0.2) is 0 Å². The van der Waals surface area contributed by atoms with E-state index in [4.69, 9.17) is 4.74 Å². The summed E-state index contributed by atoms with van der Waals surface area (Å²) in [7, 11) is 0. The van der Waals surface area contributed by atoms with Gasteiger partial charge in [-0.05, 0) is 38.5 Å². The van der Waals surface area contributed by atoms with Gasteiger partial charge in [0.15, 0.2) is 0 Å². The van der Waals surface area contributed by atoms with Gasteiger partial charge in [-0.2, -0.15) is 0 Å². The number of carbonyl (C=O) groups is 2. The average molecular weight is 613 g/mol. The Balaban J connectivity index is -0.00000760. The first-order valence-electron chi connectivity index (χ1n) is 17.7. The van der Waals surface area contributed by atoms with Crippen LogP contribution >= 0.6 is 0 Å². The SMILES string of the molecule is CCCCCCCCCCCCCCCCCC(=O)OC(=O)CCCCCCC/C=C\C[C@H](O)CCCCCC.[NaH].[NaH]. The Labute approximate surface area is 306 Å². The second-order valence-corrected chi connectivity index (χ2v) is 12.1. The number of ether oxygens (including phenoxy) is 1. The van der Waals surface area contributed by atoms with Crippen molar-refractivity contribution in [3.05, 3.63) is 12.2 Å². The Hall–Kier alpha value is 0.840. The Morgan fingerprint density at radius 3 is 1.31 bits per heavy atom. The van der Waals surface area contributed by atoms with Crippen molar-refractivity contribution < 1.29 is 19.4 Å². The third-order valence-electron chi connectivity index (χ3n) is 7.93. The predicted octanol–water partition coefficient (Wildman–Crippen LogP) is 10.0. The molecule has 0 heterocycles. The fourth-order valence-corrected chi connectivity index (χ4v) is 5.23. The Kier molecular flexibility index (Phi) is 44.8. The molecule has 0 saturated carbocycles. The molecular weight excluding hydrogens is 542 g/mol. The van der Waals surface area contributed by atoms with Crippen LogP contribution in [0.4, 0.5) is 0 Å². The molecule has 0 spiro atoms. The van der Waals surface area contributed by atoms with Crippen LogP contribution in [-0.4, -0.2) is 82.3 Å². The molecule has 0 amide bonds. The first kappa shape index (κ1) is 47.2. The first-order chi connectivity index (χ1) is 19.6. The van der Waals surface area contributed by atoms with Crippen LogP contribution in [0.25, 0.3) is 0 Å². The number of unbranched alkanes of at least 4 members (excludes halogenated alkanes) is 22. The summed E-state index contributed by atoms with van der Waals surface area (Å²) in [6, 6.07) is 0. The summed E-state index contributed by atoms with van der Waals surface area (Å²) >= 11 is 0. The molecule has 42 heavy (non-hydrogen) atoms. The second kappa shape index (κ2) is 39.9. The van der Waals surface area contributed by atoms with E-state index in [2.05, 4.69) is 26.0 Å². The zero-order valence-corrected chi connectivity index (χ0v) is 26.9. The molecule has 4 nitrogen and oxygen atoms in total. The van der Waals surface area contributed by atoms with Crippen LogP contribution in [0, 0.1) is 0 Å². The topological polar surface area (TPSA) is 63.6 Å². The van der Waals surface area contributed by atoms with Gasteiger partial charge in [0, 0.05) is 12.8 Å². The molecular formula is C36H70Na2O4. The summed E-state index contributed by atoms with van der Waals surface area (Å²) in [5.74, 6) is -0.709. The maximum absolute atomic E-state index is 11.9. The van der Waals surface area contributed by atoms with Crippen LogP contribution in [-0.2, 0) is 14.3 Å².